The predicted octanol–water partition coefficient (Wildman–Crippen LogP) is 0.424. The number of hydrazine groups is 1. The van der Waals surface area contributed by atoms with Crippen LogP contribution >= 0.6 is 0 Å². The molecule has 20 heavy (non-hydrogen) atoms. The summed E-state index contributed by atoms with van der Waals surface area (Å²) in [5, 5.41) is 14.1. The molecule has 2 heterocycles. The van der Waals surface area contributed by atoms with Crippen molar-refractivity contribution in [2.24, 2.45) is 11.8 Å². The molecule has 1 aromatic heterocycles. The Morgan fingerprint density at radius 1 is 1.55 bits per heavy atom. The Labute approximate surface area is 116 Å². The van der Waals surface area contributed by atoms with Crippen LogP contribution in [0.2, 0.25) is 0 Å². The molecule has 9 heteroatoms. The number of nitro groups is 1. The van der Waals surface area contributed by atoms with Crippen molar-refractivity contribution in [1.82, 2.24) is 14.9 Å². The quantitative estimate of drug-likeness (QED) is 0.403. The Morgan fingerprint density at radius 2 is 2.30 bits per heavy atom. The fraction of sp³-hybridized carbons (Fsp3) is 0.636. The predicted molar refractivity (Wildman–Crippen MR) is 75.2 cm³/mol. The summed E-state index contributed by atoms with van der Waals surface area (Å²) in [4.78, 5) is 20.5. The lowest BCUT2D eigenvalue weighted by molar-refractivity contribution is -0.383. The van der Waals surface area contributed by atoms with E-state index in [0.717, 1.165) is 25.9 Å². The zero-order chi connectivity index (χ0) is 14.5. The lowest BCUT2D eigenvalue weighted by Gasteiger charge is -2.29. The number of piperidine rings is 1. The minimum absolute atomic E-state index is 0.00765. The third-order valence-corrected chi connectivity index (χ3v) is 3.42. The van der Waals surface area contributed by atoms with Crippen LogP contribution < -0.4 is 16.6 Å². The first kappa shape index (κ1) is 14.4. The van der Waals surface area contributed by atoms with Gasteiger partial charge in [-0.3, -0.25) is 10.1 Å². The molecule has 1 unspecified atom stereocenters. The fourth-order valence-electron chi connectivity index (χ4n) is 2.47. The zero-order valence-corrected chi connectivity index (χ0v) is 11.4. The highest BCUT2D eigenvalue weighted by molar-refractivity contribution is 5.68. The second-order valence-electron chi connectivity index (χ2n) is 4.97. The summed E-state index contributed by atoms with van der Waals surface area (Å²) in [6.07, 6.45) is 3.50. The van der Waals surface area contributed by atoms with Crippen LogP contribution in [-0.2, 0) is 0 Å². The van der Waals surface area contributed by atoms with Gasteiger partial charge in [0.2, 0.25) is 11.6 Å². The summed E-state index contributed by atoms with van der Waals surface area (Å²) < 4.78 is 0. The van der Waals surface area contributed by atoms with E-state index in [1.807, 2.05) is 0 Å². The summed E-state index contributed by atoms with van der Waals surface area (Å²) >= 11 is 0. The number of anilines is 2. The second kappa shape index (κ2) is 6.44. The Morgan fingerprint density at radius 3 is 2.95 bits per heavy atom. The first-order chi connectivity index (χ1) is 9.61. The van der Waals surface area contributed by atoms with E-state index in [4.69, 9.17) is 5.84 Å². The Kier molecular flexibility index (Phi) is 4.64. The highest BCUT2D eigenvalue weighted by Crippen LogP contribution is 2.28. The number of nitrogens with two attached hydrogens (primary N) is 1. The molecule has 1 atom stereocenters. The number of hydrogen-bond acceptors (Lipinski definition) is 8. The molecule has 1 aromatic rings. The van der Waals surface area contributed by atoms with Crippen molar-refractivity contribution in [3.05, 3.63) is 16.4 Å². The molecule has 1 fully saturated rings. The second-order valence-corrected chi connectivity index (χ2v) is 4.97. The van der Waals surface area contributed by atoms with E-state index in [-0.39, 0.29) is 17.3 Å². The molecule has 1 aliphatic rings. The third kappa shape index (κ3) is 3.31. The van der Waals surface area contributed by atoms with E-state index in [2.05, 4.69) is 32.7 Å². The van der Waals surface area contributed by atoms with Gasteiger partial charge in [-0.2, -0.15) is 0 Å². The maximum absolute atomic E-state index is 11.1. The third-order valence-electron chi connectivity index (χ3n) is 3.42. The average molecular weight is 281 g/mol. The molecule has 0 saturated carbocycles. The Balaban J connectivity index is 2.07. The first-order valence-electron chi connectivity index (χ1n) is 6.50. The highest BCUT2D eigenvalue weighted by Gasteiger charge is 2.24. The largest absolute Gasteiger partial charge is 0.364 e. The van der Waals surface area contributed by atoms with E-state index in [0.29, 0.717) is 12.5 Å². The van der Waals surface area contributed by atoms with Gasteiger partial charge in [0.15, 0.2) is 0 Å². The topological polar surface area (TPSA) is 122 Å². The van der Waals surface area contributed by atoms with Gasteiger partial charge in [0.05, 0.1) is 4.92 Å². The zero-order valence-electron chi connectivity index (χ0n) is 11.4. The van der Waals surface area contributed by atoms with Crippen molar-refractivity contribution in [3.8, 4) is 0 Å². The smallest absolute Gasteiger partial charge is 0.354 e. The lowest BCUT2D eigenvalue weighted by atomic mass is 9.98. The number of likely N-dealkylation sites (tertiary alicyclic amines) is 1. The Bertz CT molecular complexity index is 482. The van der Waals surface area contributed by atoms with Gasteiger partial charge in [-0.25, -0.2) is 15.8 Å². The van der Waals surface area contributed by atoms with E-state index in [1.165, 1.54) is 6.33 Å². The average Bonchev–Trinajstić information content (AvgIpc) is 2.44. The van der Waals surface area contributed by atoms with Gasteiger partial charge in [0.25, 0.3) is 0 Å². The number of nitrogens with one attached hydrogen (secondary N) is 2. The van der Waals surface area contributed by atoms with Gasteiger partial charge < -0.3 is 15.6 Å². The minimum atomic E-state index is -0.537. The molecule has 9 nitrogen and oxygen atoms in total. The van der Waals surface area contributed by atoms with Crippen molar-refractivity contribution in [2.75, 3.05) is 37.4 Å². The van der Waals surface area contributed by atoms with Gasteiger partial charge in [-0.15, -0.1) is 0 Å². The molecule has 0 bridgehead atoms. The van der Waals surface area contributed by atoms with Gasteiger partial charge in [-0.1, -0.05) is 0 Å². The maximum Gasteiger partial charge on any atom is 0.354 e. The number of nitrogen functional groups attached to an aromatic ring is 1. The molecule has 4 N–H and O–H groups in total. The van der Waals surface area contributed by atoms with E-state index < -0.39 is 4.92 Å². The molecule has 1 aliphatic heterocycles. The van der Waals surface area contributed by atoms with Crippen LogP contribution in [0.3, 0.4) is 0 Å². The molecule has 0 radical (unpaired) electrons. The molecule has 0 amide bonds. The fourth-order valence-corrected chi connectivity index (χ4v) is 2.47. The highest BCUT2D eigenvalue weighted by atomic mass is 16.6. The standard InChI is InChI=1S/C11H19N7O2/c1-17-4-2-3-8(6-17)5-13-10-9(18(19)20)11(16-12)15-7-14-10/h7-8H,2-6,12H2,1H3,(H2,13,14,15,16). The van der Waals surface area contributed by atoms with Gasteiger partial charge in [0, 0.05) is 13.1 Å². The SMILES string of the molecule is CN1CCCC(CNc2ncnc(NN)c2[N+](=O)[O-])C1. The van der Waals surface area contributed by atoms with Crippen molar-refractivity contribution in [1.29, 1.82) is 0 Å². The normalized spacial score (nSPS) is 19.6. The van der Waals surface area contributed by atoms with Crippen LogP contribution in [0, 0.1) is 16.0 Å². The lowest BCUT2D eigenvalue weighted by Crippen LogP contribution is -2.35. The van der Waals surface area contributed by atoms with E-state index >= 15 is 0 Å². The van der Waals surface area contributed by atoms with Gasteiger partial charge in [-0.05, 0) is 32.4 Å². The van der Waals surface area contributed by atoms with Crippen molar-refractivity contribution in [2.45, 2.75) is 12.8 Å². The van der Waals surface area contributed by atoms with Gasteiger partial charge in [0.1, 0.15) is 6.33 Å². The molecule has 110 valence electrons. The number of aromatic nitrogens is 2. The van der Waals surface area contributed by atoms with E-state index in [9.17, 15) is 10.1 Å². The number of rotatable bonds is 5. The van der Waals surface area contributed by atoms with Crippen molar-refractivity contribution >= 4 is 17.3 Å². The van der Waals surface area contributed by atoms with Crippen LogP contribution in [0.4, 0.5) is 17.3 Å². The molecule has 0 spiro atoms. The van der Waals surface area contributed by atoms with Crippen LogP contribution in [0.1, 0.15) is 12.8 Å². The van der Waals surface area contributed by atoms with Crippen molar-refractivity contribution < 1.29 is 4.92 Å². The first-order valence-corrected chi connectivity index (χ1v) is 6.50. The molecular formula is C11H19N7O2. The van der Waals surface area contributed by atoms with Crippen LogP contribution in [0.15, 0.2) is 6.33 Å². The maximum atomic E-state index is 11.1. The molecule has 2 rings (SSSR count). The molecular weight excluding hydrogens is 262 g/mol. The summed E-state index contributed by atoms with van der Waals surface area (Å²) in [5.41, 5.74) is 2.00. The molecule has 1 saturated heterocycles. The summed E-state index contributed by atoms with van der Waals surface area (Å²) in [6.45, 7) is 2.73. The summed E-state index contributed by atoms with van der Waals surface area (Å²) in [5.74, 6) is 5.90. The van der Waals surface area contributed by atoms with Crippen LogP contribution in [0.25, 0.3) is 0 Å². The summed E-state index contributed by atoms with van der Waals surface area (Å²) in [6, 6.07) is 0. The Hall–Kier alpha value is -2.00. The molecule has 0 aliphatic carbocycles. The van der Waals surface area contributed by atoms with Crippen molar-refractivity contribution in [3.63, 3.8) is 0 Å². The van der Waals surface area contributed by atoms with Crippen LogP contribution in [-0.4, -0.2) is 46.5 Å². The molecule has 0 aromatic carbocycles. The van der Waals surface area contributed by atoms with Crippen LogP contribution in [0.5, 0.6) is 0 Å². The number of nitrogens with zero attached hydrogens (tertiary/aromatic N) is 4. The minimum Gasteiger partial charge on any atom is -0.364 e. The van der Waals surface area contributed by atoms with E-state index in [1.54, 1.807) is 0 Å². The monoisotopic (exact) mass is 281 g/mol. The number of hydrogen-bond donors (Lipinski definition) is 3. The summed E-state index contributed by atoms with van der Waals surface area (Å²) in [7, 11) is 2.08. The van der Waals surface area contributed by atoms with Gasteiger partial charge >= 0.3 is 5.69 Å².